The van der Waals surface area contributed by atoms with Crippen molar-refractivity contribution in [3.05, 3.63) is 11.5 Å². The molecule has 1 amide bonds. The summed E-state index contributed by atoms with van der Waals surface area (Å²) in [6.07, 6.45) is 7.49. The highest BCUT2D eigenvalue weighted by Crippen LogP contribution is 2.51. The van der Waals surface area contributed by atoms with Crippen molar-refractivity contribution >= 4 is 15.7 Å². The van der Waals surface area contributed by atoms with Crippen molar-refractivity contribution in [2.75, 3.05) is 18.8 Å². The average Bonchev–Trinajstić information content (AvgIpc) is 3.05. The molecule has 2 heterocycles. The zero-order valence-corrected chi connectivity index (χ0v) is 13.1. The number of amides is 1. The van der Waals surface area contributed by atoms with E-state index in [1.165, 1.54) is 31.1 Å². The van der Waals surface area contributed by atoms with Crippen molar-refractivity contribution in [1.82, 2.24) is 4.90 Å². The van der Waals surface area contributed by atoms with Gasteiger partial charge >= 0.3 is 0 Å². The van der Waals surface area contributed by atoms with Gasteiger partial charge < -0.3 is 4.90 Å². The van der Waals surface area contributed by atoms with Gasteiger partial charge in [0.15, 0.2) is 9.84 Å². The van der Waals surface area contributed by atoms with Crippen LogP contribution in [-0.4, -0.2) is 38.1 Å². The highest BCUT2D eigenvalue weighted by atomic mass is 32.2. The standard InChI is InChI=1S/C16H23NO3S/c18-16(7-11-5-6-21(19,20)10-11)17-8-14-12-1-2-13(4-3-12)15(14)9-17/h5-6,11-15H,1-4,7-10H2/t11-,12?,13?,14-,15+/m0/s1. The molecule has 3 aliphatic carbocycles. The van der Waals surface area contributed by atoms with E-state index in [-0.39, 0.29) is 17.6 Å². The smallest absolute Gasteiger partial charge is 0.223 e. The van der Waals surface area contributed by atoms with Crippen LogP contribution in [0.3, 0.4) is 0 Å². The Bertz CT molecular complexity index is 554. The number of likely N-dealkylation sites (tertiary alicyclic amines) is 1. The monoisotopic (exact) mass is 309 g/mol. The van der Waals surface area contributed by atoms with Crippen molar-refractivity contribution in [2.45, 2.75) is 32.1 Å². The normalized spacial score (nSPS) is 43.2. The first-order valence-electron chi connectivity index (χ1n) is 8.20. The molecule has 0 unspecified atom stereocenters. The molecule has 2 aliphatic heterocycles. The molecule has 5 aliphatic rings. The van der Waals surface area contributed by atoms with E-state index in [9.17, 15) is 13.2 Å². The third kappa shape index (κ3) is 2.43. The van der Waals surface area contributed by atoms with Gasteiger partial charge in [0.1, 0.15) is 0 Å². The van der Waals surface area contributed by atoms with Crippen LogP contribution in [0.4, 0.5) is 0 Å². The zero-order chi connectivity index (χ0) is 14.6. The third-order valence-electron chi connectivity index (χ3n) is 6.23. The van der Waals surface area contributed by atoms with E-state index < -0.39 is 9.84 Å². The van der Waals surface area contributed by atoms with Crippen molar-refractivity contribution in [3.8, 4) is 0 Å². The Hall–Kier alpha value is -0.840. The number of nitrogens with zero attached hydrogens (tertiary/aromatic N) is 1. The molecular formula is C16H23NO3S. The molecule has 1 saturated heterocycles. The van der Waals surface area contributed by atoms with Gasteiger partial charge in [0, 0.05) is 30.8 Å². The Morgan fingerprint density at radius 2 is 1.62 bits per heavy atom. The fourth-order valence-electron chi connectivity index (χ4n) is 5.18. The van der Waals surface area contributed by atoms with E-state index in [2.05, 4.69) is 0 Å². The summed E-state index contributed by atoms with van der Waals surface area (Å²) in [6, 6.07) is 0. The van der Waals surface area contributed by atoms with Crippen molar-refractivity contribution in [1.29, 1.82) is 0 Å². The number of sulfone groups is 1. The zero-order valence-electron chi connectivity index (χ0n) is 12.3. The number of fused-ring (bicyclic) bond motifs is 2. The van der Waals surface area contributed by atoms with Gasteiger partial charge in [0.25, 0.3) is 0 Å². The molecule has 116 valence electrons. The Morgan fingerprint density at radius 3 is 2.10 bits per heavy atom. The number of hydrogen-bond donors (Lipinski definition) is 0. The average molecular weight is 309 g/mol. The lowest BCUT2D eigenvalue weighted by Gasteiger charge is -2.44. The van der Waals surface area contributed by atoms with Gasteiger partial charge in [0.2, 0.25) is 5.91 Å². The van der Waals surface area contributed by atoms with Gasteiger partial charge in [-0.2, -0.15) is 0 Å². The topological polar surface area (TPSA) is 54.5 Å². The van der Waals surface area contributed by atoms with Crippen LogP contribution in [0, 0.1) is 29.6 Å². The first-order chi connectivity index (χ1) is 10.0. The molecule has 4 fully saturated rings. The van der Waals surface area contributed by atoms with Crippen LogP contribution in [0.2, 0.25) is 0 Å². The molecule has 0 aromatic rings. The summed E-state index contributed by atoms with van der Waals surface area (Å²) >= 11 is 0. The van der Waals surface area contributed by atoms with Crippen LogP contribution in [0.25, 0.3) is 0 Å². The van der Waals surface area contributed by atoms with E-state index >= 15 is 0 Å². The minimum atomic E-state index is -3.04. The van der Waals surface area contributed by atoms with Crippen LogP contribution < -0.4 is 0 Å². The van der Waals surface area contributed by atoms with Gasteiger partial charge in [-0.25, -0.2) is 8.42 Å². The fraction of sp³-hybridized carbons (Fsp3) is 0.812. The Labute approximate surface area is 126 Å². The van der Waals surface area contributed by atoms with Crippen molar-refractivity contribution in [2.24, 2.45) is 29.6 Å². The van der Waals surface area contributed by atoms with Crippen LogP contribution in [0.1, 0.15) is 32.1 Å². The lowest BCUT2D eigenvalue weighted by Crippen LogP contribution is -2.38. The first kappa shape index (κ1) is 13.8. The SMILES string of the molecule is O=C(C[C@@H]1C=CS(=O)(=O)C1)N1C[C@@H]2C3CCC(CC3)[C@@H]2C1. The highest BCUT2D eigenvalue weighted by Gasteiger charge is 2.49. The molecule has 0 aromatic carbocycles. The Morgan fingerprint density at radius 1 is 1.05 bits per heavy atom. The summed E-state index contributed by atoms with van der Waals surface area (Å²) in [7, 11) is -3.04. The molecule has 4 nitrogen and oxygen atoms in total. The van der Waals surface area contributed by atoms with E-state index in [1.807, 2.05) is 4.90 Å². The third-order valence-corrected chi connectivity index (χ3v) is 7.70. The minimum absolute atomic E-state index is 0.109. The van der Waals surface area contributed by atoms with Gasteiger partial charge in [0.05, 0.1) is 5.75 Å². The van der Waals surface area contributed by atoms with Gasteiger partial charge in [-0.1, -0.05) is 6.08 Å². The predicted molar refractivity (Wildman–Crippen MR) is 80.0 cm³/mol. The second kappa shape index (κ2) is 4.83. The number of carbonyl (C=O) groups excluding carboxylic acids is 1. The highest BCUT2D eigenvalue weighted by molar-refractivity contribution is 7.94. The summed E-state index contributed by atoms with van der Waals surface area (Å²) in [4.78, 5) is 14.5. The largest absolute Gasteiger partial charge is 0.342 e. The number of carbonyl (C=O) groups is 1. The van der Waals surface area contributed by atoms with Gasteiger partial charge in [-0.15, -0.1) is 0 Å². The molecule has 0 radical (unpaired) electrons. The Balaban J connectivity index is 1.40. The van der Waals surface area contributed by atoms with Crippen LogP contribution in [0.15, 0.2) is 11.5 Å². The lowest BCUT2D eigenvalue weighted by atomic mass is 9.60. The van der Waals surface area contributed by atoms with E-state index in [0.717, 1.165) is 36.8 Å². The summed E-state index contributed by atoms with van der Waals surface area (Å²) in [5.74, 6) is 3.30. The number of hydrogen-bond acceptors (Lipinski definition) is 3. The number of allylic oxidation sites excluding steroid dienone is 1. The van der Waals surface area contributed by atoms with Crippen molar-refractivity contribution in [3.63, 3.8) is 0 Å². The fourth-order valence-corrected chi connectivity index (χ4v) is 6.58. The number of rotatable bonds is 2. The maximum atomic E-state index is 12.5. The van der Waals surface area contributed by atoms with Crippen molar-refractivity contribution < 1.29 is 13.2 Å². The van der Waals surface area contributed by atoms with E-state index in [4.69, 9.17) is 0 Å². The summed E-state index contributed by atoms with van der Waals surface area (Å²) < 4.78 is 22.9. The molecule has 21 heavy (non-hydrogen) atoms. The second-order valence-corrected chi connectivity index (χ2v) is 9.35. The van der Waals surface area contributed by atoms with E-state index in [1.54, 1.807) is 6.08 Å². The molecule has 2 bridgehead atoms. The molecule has 0 aromatic heterocycles. The molecule has 3 atom stereocenters. The maximum Gasteiger partial charge on any atom is 0.223 e. The molecule has 0 spiro atoms. The molecule has 3 saturated carbocycles. The maximum absolute atomic E-state index is 12.5. The summed E-state index contributed by atoms with van der Waals surface area (Å²) in [5.41, 5.74) is 0. The second-order valence-electron chi connectivity index (χ2n) is 7.42. The summed E-state index contributed by atoms with van der Waals surface area (Å²) in [6.45, 7) is 1.85. The van der Waals surface area contributed by atoms with Crippen LogP contribution >= 0.6 is 0 Å². The lowest BCUT2D eigenvalue weighted by molar-refractivity contribution is -0.130. The first-order valence-corrected chi connectivity index (χ1v) is 9.92. The summed E-state index contributed by atoms with van der Waals surface area (Å²) in [5, 5.41) is 1.27. The van der Waals surface area contributed by atoms with Crippen LogP contribution in [-0.2, 0) is 14.6 Å². The molecule has 5 heteroatoms. The minimum Gasteiger partial charge on any atom is -0.342 e. The van der Waals surface area contributed by atoms with Gasteiger partial charge in [-0.3, -0.25) is 4.79 Å². The molecule has 5 rings (SSSR count). The molecular weight excluding hydrogens is 286 g/mol. The Kier molecular flexibility index (Phi) is 3.18. The van der Waals surface area contributed by atoms with Gasteiger partial charge in [-0.05, 0) is 49.4 Å². The van der Waals surface area contributed by atoms with E-state index in [0.29, 0.717) is 6.42 Å². The quantitative estimate of drug-likeness (QED) is 0.782. The van der Waals surface area contributed by atoms with Crippen LogP contribution in [0.5, 0.6) is 0 Å². The molecule has 0 N–H and O–H groups in total. The predicted octanol–water partition coefficient (Wildman–Crippen LogP) is 1.83.